The van der Waals surface area contributed by atoms with Crippen LogP contribution in [-0.2, 0) is 0 Å². The predicted octanol–water partition coefficient (Wildman–Crippen LogP) is 2.08. The number of carboxylic acid groups (broad SMARTS) is 1. The molecule has 2 aromatic rings. The predicted molar refractivity (Wildman–Crippen MR) is 73.7 cm³/mol. The number of nitrogens with zero attached hydrogens (tertiary/aromatic N) is 1. The number of carboxylic acids is 1. The average molecular weight is 303 g/mol. The van der Waals surface area contributed by atoms with E-state index in [0.717, 1.165) is 16.2 Å². The number of rotatable bonds is 4. The van der Waals surface area contributed by atoms with Crippen LogP contribution < -0.4 is 4.74 Å². The maximum atomic E-state index is 12.1. The highest BCUT2D eigenvalue weighted by Crippen LogP contribution is 2.27. The van der Waals surface area contributed by atoms with E-state index in [1.807, 2.05) is 0 Å². The molecule has 0 fully saturated rings. The van der Waals surface area contributed by atoms with Crippen LogP contribution in [0, 0.1) is 0 Å². The lowest BCUT2D eigenvalue weighted by Gasteiger charge is -2.14. The van der Waals surface area contributed by atoms with Gasteiger partial charge in [0.2, 0.25) is 0 Å². The van der Waals surface area contributed by atoms with Crippen LogP contribution in [0.2, 0.25) is 0 Å². The Morgan fingerprint density at radius 3 is 2.33 bits per heavy atom. The first-order valence-corrected chi connectivity index (χ1v) is 6.86. The third kappa shape index (κ3) is 2.17. The van der Waals surface area contributed by atoms with Gasteiger partial charge in [0.1, 0.15) is 5.75 Å². The van der Waals surface area contributed by atoms with Gasteiger partial charge in [0, 0.05) is 0 Å². The number of carbonyl (C=O) groups excluding carboxylic acids is 2. The van der Waals surface area contributed by atoms with Crippen LogP contribution in [0.5, 0.6) is 5.75 Å². The SMILES string of the molecule is O=C(O)c1sccc1OCN1C(=O)c2ccccc2C1=O. The van der Waals surface area contributed by atoms with Gasteiger partial charge in [-0.1, -0.05) is 12.1 Å². The van der Waals surface area contributed by atoms with E-state index in [1.54, 1.807) is 29.6 Å². The molecule has 106 valence electrons. The van der Waals surface area contributed by atoms with E-state index in [1.165, 1.54) is 6.07 Å². The number of fused-ring (bicyclic) bond motifs is 1. The van der Waals surface area contributed by atoms with Gasteiger partial charge in [0.15, 0.2) is 11.6 Å². The third-order valence-electron chi connectivity index (χ3n) is 3.05. The van der Waals surface area contributed by atoms with E-state index in [9.17, 15) is 14.4 Å². The Morgan fingerprint density at radius 2 is 1.76 bits per heavy atom. The molecule has 0 saturated heterocycles. The van der Waals surface area contributed by atoms with Gasteiger partial charge in [0.25, 0.3) is 11.8 Å². The Kier molecular flexibility index (Phi) is 3.19. The minimum absolute atomic E-state index is 0.0339. The van der Waals surface area contributed by atoms with Gasteiger partial charge in [-0.3, -0.25) is 9.59 Å². The number of benzene rings is 1. The van der Waals surface area contributed by atoms with E-state index < -0.39 is 17.8 Å². The molecule has 0 unspecified atom stereocenters. The van der Waals surface area contributed by atoms with Crippen LogP contribution in [0.1, 0.15) is 30.4 Å². The molecule has 21 heavy (non-hydrogen) atoms. The summed E-state index contributed by atoms with van der Waals surface area (Å²) in [7, 11) is 0. The van der Waals surface area contributed by atoms with Crippen molar-refractivity contribution in [1.82, 2.24) is 4.90 Å². The zero-order chi connectivity index (χ0) is 15.0. The largest absolute Gasteiger partial charge is 0.477 e. The lowest BCUT2D eigenvalue weighted by atomic mass is 10.1. The van der Waals surface area contributed by atoms with E-state index in [2.05, 4.69) is 0 Å². The Labute approximate surface area is 123 Å². The zero-order valence-corrected chi connectivity index (χ0v) is 11.4. The van der Waals surface area contributed by atoms with Gasteiger partial charge in [-0.15, -0.1) is 11.3 Å². The molecule has 0 bridgehead atoms. The molecule has 2 amide bonds. The Morgan fingerprint density at radius 1 is 1.14 bits per heavy atom. The van der Waals surface area contributed by atoms with Crippen molar-refractivity contribution in [3.63, 3.8) is 0 Å². The Hall–Kier alpha value is -2.67. The van der Waals surface area contributed by atoms with Crippen LogP contribution in [0.3, 0.4) is 0 Å². The number of thiophene rings is 1. The molecule has 2 heterocycles. The maximum Gasteiger partial charge on any atom is 0.349 e. The fraction of sp³-hybridized carbons (Fsp3) is 0.0714. The highest BCUT2D eigenvalue weighted by Gasteiger charge is 2.35. The molecule has 0 atom stereocenters. The molecule has 1 aliphatic heterocycles. The molecule has 3 rings (SSSR count). The lowest BCUT2D eigenvalue weighted by molar-refractivity contribution is 0.0521. The normalized spacial score (nSPS) is 13.4. The summed E-state index contributed by atoms with van der Waals surface area (Å²) in [5, 5.41) is 10.5. The monoisotopic (exact) mass is 303 g/mol. The number of ether oxygens (including phenoxy) is 1. The highest BCUT2D eigenvalue weighted by molar-refractivity contribution is 7.12. The number of carbonyl (C=O) groups is 3. The molecule has 1 aromatic carbocycles. The Bertz CT molecular complexity index is 716. The van der Waals surface area contributed by atoms with E-state index >= 15 is 0 Å². The lowest BCUT2D eigenvalue weighted by Crippen LogP contribution is -2.33. The third-order valence-corrected chi connectivity index (χ3v) is 3.93. The van der Waals surface area contributed by atoms with Crippen LogP contribution in [0.4, 0.5) is 0 Å². The summed E-state index contributed by atoms with van der Waals surface area (Å²) in [6.07, 6.45) is 0. The molecule has 7 heteroatoms. The van der Waals surface area contributed by atoms with Crippen molar-refractivity contribution in [2.75, 3.05) is 6.73 Å². The van der Waals surface area contributed by atoms with Crippen LogP contribution in [0.25, 0.3) is 0 Å². The van der Waals surface area contributed by atoms with Gasteiger partial charge < -0.3 is 9.84 Å². The van der Waals surface area contributed by atoms with Crippen molar-refractivity contribution in [2.45, 2.75) is 0 Å². The maximum absolute atomic E-state index is 12.1. The summed E-state index contributed by atoms with van der Waals surface area (Å²) in [4.78, 5) is 36.1. The first-order chi connectivity index (χ1) is 10.1. The molecule has 0 aliphatic carbocycles. The molecule has 1 N–H and O–H groups in total. The molecule has 0 spiro atoms. The molecule has 6 nitrogen and oxygen atoms in total. The van der Waals surface area contributed by atoms with E-state index in [-0.39, 0.29) is 17.4 Å². The fourth-order valence-electron chi connectivity index (χ4n) is 2.06. The summed E-state index contributed by atoms with van der Waals surface area (Å²) < 4.78 is 5.31. The molecular formula is C14H9NO5S. The van der Waals surface area contributed by atoms with Crippen molar-refractivity contribution in [3.05, 3.63) is 51.7 Å². The summed E-state index contributed by atoms with van der Waals surface area (Å²) >= 11 is 1.02. The van der Waals surface area contributed by atoms with E-state index in [0.29, 0.717) is 11.1 Å². The molecule has 1 aromatic heterocycles. The van der Waals surface area contributed by atoms with E-state index in [4.69, 9.17) is 9.84 Å². The smallest absolute Gasteiger partial charge is 0.349 e. The minimum atomic E-state index is -1.11. The van der Waals surface area contributed by atoms with Crippen molar-refractivity contribution in [2.24, 2.45) is 0 Å². The standard InChI is InChI=1S/C14H9NO5S/c16-12-8-3-1-2-4-9(8)13(17)15(12)7-20-10-5-6-21-11(10)14(18)19/h1-6H,7H2,(H,18,19). The topological polar surface area (TPSA) is 83.9 Å². The van der Waals surface area contributed by atoms with Crippen LogP contribution in [-0.4, -0.2) is 34.5 Å². The first-order valence-electron chi connectivity index (χ1n) is 5.98. The molecule has 0 radical (unpaired) electrons. The zero-order valence-electron chi connectivity index (χ0n) is 10.6. The van der Waals surface area contributed by atoms with Crippen molar-refractivity contribution in [3.8, 4) is 5.75 Å². The minimum Gasteiger partial charge on any atom is -0.477 e. The van der Waals surface area contributed by atoms with Crippen molar-refractivity contribution in [1.29, 1.82) is 0 Å². The second-order valence-corrected chi connectivity index (χ2v) is 5.19. The van der Waals surface area contributed by atoms with Gasteiger partial charge in [-0.25, -0.2) is 9.69 Å². The average Bonchev–Trinajstić information content (AvgIpc) is 3.03. The van der Waals surface area contributed by atoms with Gasteiger partial charge in [0.05, 0.1) is 11.1 Å². The number of hydrogen-bond acceptors (Lipinski definition) is 5. The second kappa shape index (κ2) is 5.02. The van der Waals surface area contributed by atoms with Crippen molar-refractivity contribution < 1.29 is 24.2 Å². The van der Waals surface area contributed by atoms with Gasteiger partial charge >= 0.3 is 5.97 Å². The number of amides is 2. The quantitative estimate of drug-likeness (QED) is 0.874. The summed E-state index contributed by atoms with van der Waals surface area (Å²) in [6.45, 7) is -0.316. The number of imide groups is 1. The number of aromatic carboxylic acids is 1. The van der Waals surface area contributed by atoms with Crippen molar-refractivity contribution >= 4 is 29.1 Å². The second-order valence-electron chi connectivity index (χ2n) is 4.28. The molecule has 1 aliphatic rings. The first kappa shape index (κ1) is 13.3. The van der Waals surface area contributed by atoms with Crippen LogP contribution >= 0.6 is 11.3 Å². The van der Waals surface area contributed by atoms with Gasteiger partial charge in [-0.2, -0.15) is 0 Å². The molecule has 0 saturated carbocycles. The van der Waals surface area contributed by atoms with Crippen LogP contribution in [0.15, 0.2) is 35.7 Å². The highest BCUT2D eigenvalue weighted by atomic mass is 32.1. The molecular weight excluding hydrogens is 294 g/mol. The summed E-state index contributed by atoms with van der Waals surface area (Å²) in [5.41, 5.74) is 0.657. The Balaban J connectivity index is 1.78. The fourth-order valence-corrected chi connectivity index (χ4v) is 2.73. The summed E-state index contributed by atoms with van der Waals surface area (Å²) in [5.74, 6) is -1.85. The number of hydrogen-bond donors (Lipinski definition) is 1. The van der Waals surface area contributed by atoms with Gasteiger partial charge in [-0.05, 0) is 23.6 Å². The summed E-state index contributed by atoms with van der Waals surface area (Å²) in [6, 6.07) is 7.99.